The molecule has 0 fully saturated rings. The van der Waals surface area contributed by atoms with Gasteiger partial charge in [-0.25, -0.2) is 4.99 Å². The fourth-order valence-electron chi connectivity index (χ4n) is 1.46. The molecule has 0 aromatic carbocycles. The molecule has 2 rings (SSSR count). The third-order valence-electron chi connectivity index (χ3n) is 2.10. The maximum atomic E-state index is 11.5. The van der Waals surface area contributed by atoms with E-state index in [0.717, 1.165) is 5.71 Å². The van der Waals surface area contributed by atoms with Crippen molar-refractivity contribution < 1.29 is 4.79 Å². The molecule has 2 aliphatic rings. The second-order valence-corrected chi connectivity index (χ2v) is 3.15. The fraction of sp³-hybridized carbons (Fsp3) is 0.300. The molecule has 4 nitrogen and oxygen atoms in total. The number of amidine groups is 1. The van der Waals surface area contributed by atoms with E-state index in [1.165, 1.54) is 0 Å². The smallest absolute Gasteiger partial charge is 0.260 e. The molecule has 0 spiro atoms. The topological polar surface area (TPSA) is 53.8 Å². The van der Waals surface area contributed by atoms with E-state index in [4.69, 9.17) is 0 Å². The van der Waals surface area contributed by atoms with E-state index in [2.05, 4.69) is 15.3 Å². The van der Waals surface area contributed by atoms with Crippen LogP contribution in [0, 0.1) is 5.92 Å². The predicted octanol–water partition coefficient (Wildman–Crippen LogP) is 0.749. The van der Waals surface area contributed by atoms with Crippen LogP contribution in [0.3, 0.4) is 0 Å². The van der Waals surface area contributed by atoms with Crippen LogP contribution in [0.25, 0.3) is 0 Å². The summed E-state index contributed by atoms with van der Waals surface area (Å²) < 4.78 is 0. The minimum Gasteiger partial charge on any atom is -0.313 e. The Morgan fingerprint density at radius 2 is 2.20 bits per heavy atom. The molecular weight excluding hydrogens is 214 g/mol. The molecule has 0 bridgehead atoms. The van der Waals surface area contributed by atoms with Crippen molar-refractivity contribution in [3.05, 3.63) is 24.3 Å². The van der Waals surface area contributed by atoms with Crippen LogP contribution in [0.15, 0.2) is 34.3 Å². The Bertz CT molecular complexity index is 382. The zero-order valence-electron chi connectivity index (χ0n) is 8.30. The maximum Gasteiger partial charge on any atom is 0.260 e. The summed E-state index contributed by atoms with van der Waals surface area (Å²) in [6.45, 7) is 0.527. The molecule has 5 heteroatoms. The number of carbonyl (C=O) groups excluding carboxylic acids is 1. The van der Waals surface area contributed by atoms with Gasteiger partial charge in [-0.05, 0) is 13.1 Å². The van der Waals surface area contributed by atoms with E-state index in [9.17, 15) is 4.79 Å². The normalized spacial score (nSPS) is 22.7. The fourth-order valence-corrected chi connectivity index (χ4v) is 1.46. The van der Waals surface area contributed by atoms with Gasteiger partial charge in [0.15, 0.2) is 0 Å². The van der Waals surface area contributed by atoms with Crippen molar-refractivity contribution in [2.75, 3.05) is 13.6 Å². The number of allylic oxidation sites excluding steroid dienone is 3. The second kappa shape index (κ2) is 5.00. The summed E-state index contributed by atoms with van der Waals surface area (Å²) in [4.78, 5) is 19.7. The Morgan fingerprint density at radius 1 is 1.40 bits per heavy atom. The number of fused-ring (bicyclic) bond motifs is 1. The third kappa shape index (κ3) is 2.40. The quantitative estimate of drug-likeness (QED) is 0.754. The van der Waals surface area contributed by atoms with E-state index < -0.39 is 0 Å². The minimum atomic E-state index is -0.263. The molecule has 1 unspecified atom stereocenters. The molecule has 1 amide bonds. The summed E-state index contributed by atoms with van der Waals surface area (Å²) in [6.07, 6.45) is 7.40. The standard InChI is InChI=1S/C10H11N3O.ClH/c1-11-6-9-12-8-5-3-2-4-7(8)10(14)13-9;/h2-5,7,11H,6H2,1H3;1H. The first kappa shape index (κ1) is 11.8. The van der Waals surface area contributed by atoms with Gasteiger partial charge in [-0.1, -0.05) is 18.2 Å². The van der Waals surface area contributed by atoms with Gasteiger partial charge in [0.2, 0.25) is 0 Å². The first-order valence-electron chi connectivity index (χ1n) is 4.51. The van der Waals surface area contributed by atoms with E-state index in [0.29, 0.717) is 12.4 Å². The van der Waals surface area contributed by atoms with Gasteiger partial charge in [-0.2, -0.15) is 4.99 Å². The lowest BCUT2D eigenvalue weighted by atomic mass is 9.96. The van der Waals surface area contributed by atoms with Crippen molar-refractivity contribution >= 4 is 29.9 Å². The van der Waals surface area contributed by atoms with Crippen molar-refractivity contribution in [1.29, 1.82) is 0 Å². The Hall–Kier alpha value is -1.26. The molecule has 0 radical (unpaired) electrons. The number of aliphatic imine (C=N–C) groups is 2. The zero-order valence-corrected chi connectivity index (χ0v) is 9.12. The van der Waals surface area contributed by atoms with Crippen molar-refractivity contribution in [1.82, 2.24) is 5.32 Å². The number of carbonyl (C=O) groups is 1. The van der Waals surface area contributed by atoms with Crippen molar-refractivity contribution in [2.45, 2.75) is 0 Å². The number of amides is 1. The number of rotatable bonds is 2. The third-order valence-corrected chi connectivity index (χ3v) is 2.10. The van der Waals surface area contributed by atoms with Gasteiger partial charge in [-0.15, -0.1) is 12.4 Å². The van der Waals surface area contributed by atoms with Gasteiger partial charge in [0.1, 0.15) is 11.8 Å². The largest absolute Gasteiger partial charge is 0.313 e. The van der Waals surface area contributed by atoms with Crippen LogP contribution >= 0.6 is 12.4 Å². The summed E-state index contributed by atoms with van der Waals surface area (Å²) in [5.74, 6) is 0.171. The summed E-state index contributed by atoms with van der Waals surface area (Å²) in [7, 11) is 1.80. The average molecular weight is 226 g/mol. The number of hydrogen-bond acceptors (Lipinski definition) is 3. The van der Waals surface area contributed by atoms with Gasteiger partial charge in [-0.3, -0.25) is 4.79 Å². The zero-order chi connectivity index (χ0) is 9.97. The Balaban J connectivity index is 0.00000112. The van der Waals surface area contributed by atoms with Crippen LogP contribution in [0.5, 0.6) is 0 Å². The maximum absolute atomic E-state index is 11.5. The molecule has 1 atom stereocenters. The lowest BCUT2D eigenvalue weighted by molar-refractivity contribution is -0.118. The first-order valence-corrected chi connectivity index (χ1v) is 4.51. The highest BCUT2D eigenvalue weighted by molar-refractivity contribution is 6.21. The SMILES string of the molecule is CNCC1=NC(=O)C2C=CC=CC2=N1.Cl. The van der Waals surface area contributed by atoms with Crippen molar-refractivity contribution in [3.8, 4) is 0 Å². The molecule has 0 saturated heterocycles. The first-order chi connectivity index (χ1) is 6.81. The number of likely N-dealkylation sites (N-methyl/N-ethyl adjacent to an activating group) is 1. The number of hydrogen-bond donors (Lipinski definition) is 1. The van der Waals surface area contributed by atoms with Crippen molar-refractivity contribution in [3.63, 3.8) is 0 Å². The van der Waals surface area contributed by atoms with Crippen LogP contribution in [0.4, 0.5) is 0 Å². The molecule has 1 N–H and O–H groups in total. The lowest BCUT2D eigenvalue weighted by Crippen LogP contribution is -2.30. The molecule has 1 aliphatic carbocycles. The van der Waals surface area contributed by atoms with Crippen LogP contribution in [0.2, 0.25) is 0 Å². The minimum absolute atomic E-state index is 0. The molecular formula is C10H12ClN3O. The molecule has 0 aromatic rings. The highest BCUT2D eigenvalue weighted by Crippen LogP contribution is 2.15. The molecule has 1 heterocycles. The monoisotopic (exact) mass is 225 g/mol. The average Bonchev–Trinajstić information content (AvgIpc) is 2.18. The van der Waals surface area contributed by atoms with E-state index in [1.807, 2.05) is 24.3 Å². The number of nitrogens with one attached hydrogen (secondary N) is 1. The lowest BCUT2D eigenvalue weighted by Gasteiger charge is -2.17. The second-order valence-electron chi connectivity index (χ2n) is 3.15. The highest BCUT2D eigenvalue weighted by Gasteiger charge is 2.25. The van der Waals surface area contributed by atoms with Crippen LogP contribution in [-0.4, -0.2) is 31.0 Å². The van der Waals surface area contributed by atoms with E-state index in [-0.39, 0.29) is 24.2 Å². The Labute approximate surface area is 94.3 Å². The van der Waals surface area contributed by atoms with Gasteiger partial charge in [0, 0.05) is 0 Å². The van der Waals surface area contributed by atoms with E-state index >= 15 is 0 Å². The van der Waals surface area contributed by atoms with E-state index in [1.54, 1.807) is 7.05 Å². The van der Waals surface area contributed by atoms with Crippen LogP contribution in [-0.2, 0) is 4.79 Å². The predicted molar refractivity (Wildman–Crippen MR) is 62.8 cm³/mol. The summed E-state index contributed by atoms with van der Waals surface area (Å²) in [5.41, 5.74) is 0.790. The van der Waals surface area contributed by atoms with Crippen molar-refractivity contribution in [2.24, 2.45) is 15.9 Å². The Morgan fingerprint density at radius 3 is 2.93 bits per heavy atom. The number of nitrogens with zero attached hydrogens (tertiary/aromatic N) is 2. The molecule has 1 aliphatic heterocycles. The molecule has 15 heavy (non-hydrogen) atoms. The van der Waals surface area contributed by atoms with Gasteiger partial charge in [0.25, 0.3) is 5.91 Å². The van der Waals surface area contributed by atoms with Gasteiger partial charge in [0.05, 0.1) is 12.3 Å². The summed E-state index contributed by atoms with van der Waals surface area (Å²) >= 11 is 0. The van der Waals surface area contributed by atoms with Crippen LogP contribution < -0.4 is 5.32 Å². The summed E-state index contributed by atoms with van der Waals surface area (Å²) in [5, 5.41) is 2.92. The summed E-state index contributed by atoms with van der Waals surface area (Å²) in [6, 6.07) is 0. The molecule has 0 saturated carbocycles. The molecule has 0 aromatic heterocycles. The molecule has 80 valence electrons. The van der Waals surface area contributed by atoms with Crippen LogP contribution in [0.1, 0.15) is 0 Å². The number of halogens is 1. The highest BCUT2D eigenvalue weighted by atomic mass is 35.5. The van der Waals surface area contributed by atoms with Gasteiger partial charge < -0.3 is 5.32 Å². The van der Waals surface area contributed by atoms with Gasteiger partial charge >= 0.3 is 0 Å². The Kier molecular flexibility index (Phi) is 3.94.